The number of likely N-dealkylation sites (N-methyl/N-ethyl adjacent to an activating group) is 1. The third-order valence-electron chi connectivity index (χ3n) is 4.61. The highest BCUT2D eigenvalue weighted by Gasteiger charge is 2.44. The van der Waals surface area contributed by atoms with Crippen LogP contribution in [0.5, 0.6) is 0 Å². The van der Waals surface area contributed by atoms with Crippen molar-refractivity contribution in [3.8, 4) is 0 Å². The molecule has 2 saturated heterocycles. The van der Waals surface area contributed by atoms with Gasteiger partial charge in [0.25, 0.3) is 5.91 Å². The molecule has 0 saturated carbocycles. The van der Waals surface area contributed by atoms with E-state index >= 15 is 0 Å². The minimum absolute atomic E-state index is 0.0150. The second-order valence-electron chi connectivity index (χ2n) is 6.09. The molecule has 3 heterocycles. The van der Waals surface area contributed by atoms with Crippen molar-refractivity contribution in [3.63, 3.8) is 0 Å². The van der Waals surface area contributed by atoms with Crippen molar-refractivity contribution >= 4 is 17.2 Å². The molecule has 2 aliphatic heterocycles. The number of piperidine rings is 1. The zero-order chi connectivity index (χ0) is 14.2. The summed E-state index contributed by atoms with van der Waals surface area (Å²) < 4.78 is 6.10. The Morgan fingerprint density at radius 1 is 1.45 bits per heavy atom. The minimum atomic E-state index is 0.0150. The number of amides is 1. The van der Waals surface area contributed by atoms with E-state index in [-0.39, 0.29) is 11.5 Å². The summed E-state index contributed by atoms with van der Waals surface area (Å²) in [5, 5.41) is 1.96. The summed E-state index contributed by atoms with van der Waals surface area (Å²) >= 11 is 1.52. The molecular weight excluding hydrogens is 272 g/mol. The third-order valence-corrected chi connectivity index (χ3v) is 5.47. The first-order chi connectivity index (χ1) is 9.60. The highest BCUT2D eigenvalue weighted by molar-refractivity contribution is 7.12. The van der Waals surface area contributed by atoms with Crippen molar-refractivity contribution in [3.05, 3.63) is 22.4 Å². The Morgan fingerprint density at radius 2 is 2.20 bits per heavy atom. The van der Waals surface area contributed by atoms with E-state index in [1.807, 2.05) is 22.4 Å². The van der Waals surface area contributed by atoms with Crippen LogP contribution in [-0.4, -0.2) is 61.1 Å². The summed E-state index contributed by atoms with van der Waals surface area (Å²) in [5.74, 6) is 0.178. The summed E-state index contributed by atoms with van der Waals surface area (Å²) in [6, 6.07) is 4.37. The molecule has 2 aliphatic rings. The van der Waals surface area contributed by atoms with Crippen LogP contribution in [0.3, 0.4) is 0 Å². The third kappa shape index (κ3) is 2.62. The van der Waals surface area contributed by atoms with Gasteiger partial charge in [0.1, 0.15) is 0 Å². The van der Waals surface area contributed by atoms with Crippen LogP contribution >= 0.6 is 11.3 Å². The lowest BCUT2D eigenvalue weighted by Gasteiger charge is -2.38. The molecule has 0 radical (unpaired) electrons. The lowest BCUT2D eigenvalue weighted by atomic mass is 9.87. The van der Waals surface area contributed by atoms with Crippen LogP contribution in [0.1, 0.15) is 28.9 Å². The topological polar surface area (TPSA) is 32.8 Å². The lowest BCUT2D eigenvalue weighted by molar-refractivity contribution is -0.0391. The van der Waals surface area contributed by atoms with Crippen molar-refractivity contribution in [1.29, 1.82) is 0 Å². The number of thiophene rings is 1. The van der Waals surface area contributed by atoms with Gasteiger partial charge in [-0.1, -0.05) is 6.07 Å². The molecule has 110 valence electrons. The van der Waals surface area contributed by atoms with Crippen LogP contribution in [-0.2, 0) is 4.74 Å². The smallest absolute Gasteiger partial charge is 0.263 e. The maximum Gasteiger partial charge on any atom is 0.263 e. The van der Waals surface area contributed by atoms with Gasteiger partial charge in [-0.25, -0.2) is 0 Å². The Bertz CT molecular complexity index is 464. The molecule has 3 rings (SSSR count). The van der Waals surface area contributed by atoms with Crippen LogP contribution in [0.2, 0.25) is 0 Å². The number of carbonyl (C=O) groups excluding carboxylic acids is 1. The molecule has 0 N–H and O–H groups in total. The maximum atomic E-state index is 12.3. The van der Waals surface area contributed by atoms with E-state index in [0.717, 1.165) is 43.8 Å². The van der Waals surface area contributed by atoms with Gasteiger partial charge in [0.05, 0.1) is 17.1 Å². The molecular formula is C15H22N2O2S. The monoisotopic (exact) mass is 294 g/mol. The van der Waals surface area contributed by atoms with Gasteiger partial charge in [0, 0.05) is 19.1 Å². The summed E-state index contributed by atoms with van der Waals surface area (Å²) in [7, 11) is 4.23. The van der Waals surface area contributed by atoms with Gasteiger partial charge >= 0.3 is 0 Å². The average molecular weight is 294 g/mol. The normalized spacial score (nSPS) is 25.6. The fraction of sp³-hybridized carbons (Fsp3) is 0.667. The molecule has 20 heavy (non-hydrogen) atoms. The zero-order valence-corrected chi connectivity index (χ0v) is 13.0. The summed E-state index contributed by atoms with van der Waals surface area (Å²) in [6.45, 7) is 2.46. The minimum Gasteiger partial charge on any atom is -0.373 e. The molecule has 0 aliphatic carbocycles. The Labute approximate surface area is 124 Å². The van der Waals surface area contributed by atoms with E-state index in [2.05, 4.69) is 19.0 Å². The first kappa shape index (κ1) is 14.0. The van der Waals surface area contributed by atoms with Gasteiger partial charge in [-0.2, -0.15) is 0 Å². The number of hydrogen-bond acceptors (Lipinski definition) is 4. The van der Waals surface area contributed by atoms with E-state index in [0.29, 0.717) is 6.04 Å². The Hall–Kier alpha value is -0.910. The second-order valence-corrected chi connectivity index (χ2v) is 7.03. The first-order valence-corrected chi connectivity index (χ1v) is 8.11. The largest absolute Gasteiger partial charge is 0.373 e. The Balaban J connectivity index is 1.59. The van der Waals surface area contributed by atoms with Gasteiger partial charge < -0.3 is 14.5 Å². The van der Waals surface area contributed by atoms with Crippen LogP contribution in [0.25, 0.3) is 0 Å². The number of likely N-dealkylation sites (tertiary alicyclic amines) is 1. The van der Waals surface area contributed by atoms with Crippen LogP contribution < -0.4 is 0 Å². The molecule has 1 unspecified atom stereocenters. The van der Waals surface area contributed by atoms with Gasteiger partial charge in [0.15, 0.2) is 0 Å². The number of rotatable bonds is 2. The van der Waals surface area contributed by atoms with Gasteiger partial charge in [-0.3, -0.25) is 4.79 Å². The molecule has 5 heteroatoms. The van der Waals surface area contributed by atoms with Crippen molar-refractivity contribution in [2.45, 2.75) is 30.9 Å². The molecule has 0 aromatic carbocycles. The van der Waals surface area contributed by atoms with Crippen molar-refractivity contribution in [2.75, 3.05) is 33.8 Å². The second kappa shape index (κ2) is 5.47. The molecule has 1 spiro atoms. The van der Waals surface area contributed by atoms with Crippen molar-refractivity contribution in [1.82, 2.24) is 9.80 Å². The highest BCUT2D eigenvalue weighted by atomic mass is 32.1. The summed E-state index contributed by atoms with van der Waals surface area (Å²) in [6.07, 6.45) is 3.03. The molecule has 4 nitrogen and oxygen atoms in total. The van der Waals surface area contributed by atoms with Crippen LogP contribution in [0.15, 0.2) is 17.5 Å². The van der Waals surface area contributed by atoms with Gasteiger partial charge in [0.2, 0.25) is 0 Å². The van der Waals surface area contributed by atoms with Crippen LogP contribution in [0.4, 0.5) is 0 Å². The zero-order valence-electron chi connectivity index (χ0n) is 12.2. The van der Waals surface area contributed by atoms with E-state index in [1.165, 1.54) is 11.3 Å². The Kier molecular flexibility index (Phi) is 3.84. The molecule has 1 aromatic rings. The van der Waals surface area contributed by atoms with E-state index in [4.69, 9.17) is 4.74 Å². The summed E-state index contributed by atoms with van der Waals surface area (Å²) in [5.41, 5.74) is 0.0150. The molecule has 0 bridgehead atoms. The number of hydrogen-bond donors (Lipinski definition) is 0. The van der Waals surface area contributed by atoms with Crippen molar-refractivity contribution < 1.29 is 9.53 Å². The number of nitrogens with zero attached hydrogens (tertiary/aromatic N) is 2. The van der Waals surface area contributed by atoms with E-state index in [9.17, 15) is 4.79 Å². The summed E-state index contributed by atoms with van der Waals surface area (Å²) in [4.78, 5) is 17.4. The fourth-order valence-electron chi connectivity index (χ4n) is 3.17. The Morgan fingerprint density at radius 3 is 2.75 bits per heavy atom. The lowest BCUT2D eigenvalue weighted by Crippen LogP contribution is -2.46. The predicted molar refractivity (Wildman–Crippen MR) is 80.2 cm³/mol. The van der Waals surface area contributed by atoms with Gasteiger partial charge in [-0.05, 0) is 44.8 Å². The molecule has 1 aromatic heterocycles. The molecule has 2 fully saturated rings. The predicted octanol–water partition coefficient (Wildman–Crippen LogP) is 2.07. The fourth-order valence-corrected chi connectivity index (χ4v) is 3.86. The van der Waals surface area contributed by atoms with Crippen LogP contribution in [0, 0.1) is 0 Å². The number of ether oxygens (including phenoxy) is 1. The van der Waals surface area contributed by atoms with Gasteiger partial charge in [-0.15, -0.1) is 11.3 Å². The SMILES string of the molecule is CN(C)C1COC2(CCN(C(=O)c3cccs3)CC2)C1. The quantitative estimate of drug-likeness (QED) is 0.837. The van der Waals surface area contributed by atoms with E-state index < -0.39 is 0 Å². The number of carbonyl (C=O) groups is 1. The average Bonchev–Trinajstić information content (AvgIpc) is 3.09. The molecule has 1 amide bonds. The van der Waals surface area contributed by atoms with Crippen molar-refractivity contribution in [2.24, 2.45) is 0 Å². The standard InChI is InChI=1S/C15H22N2O2S/c1-16(2)12-10-15(19-11-12)5-7-17(8-6-15)14(18)13-4-3-9-20-13/h3-4,9,12H,5-8,10-11H2,1-2H3. The molecule has 1 atom stereocenters. The van der Waals surface area contributed by atoms with E-state index in [1.54, 1.807) is 0 Å². The highest BCUT2D eigenvalue weighted by Crippen LogP contribution is 2.37. The maximum absolute atomic E-state index is 12.3. The first-order valence-electron chi connectivity index (χ1n) is 7.23.